The summed E-state index contributed by atoms with van der Waals surface area (Å²) in [5.74, 6) is -1.34. The molecule has 0 unspecified atom stereocenters. The molecule has 0 aliphatic heterocycles. The van der Waals surface area contributed by atoms with Crippen molar-refractivity contribution in [3.05, 3.63) is 63.4 Å². The van der Waals surface area contributed by atoms with Crippen molar-refractivity contribution in [3.63, 3.8) is 0 Å². The number of nitrogens with one attached hydrogen (secondary N) is 1. The lowest BCUT2D eigenvalue weighted by atomic mass is 9.72. The van der Waals surface area contributed by atoms with Crippen LogP contribution in [-0.2, 0) is 27.3 Å². The van der Waals surface area contributed by atoms with E-state index in [1.54, 1.807) is 18.2 Å². The fraction of sp³-hybridized carbons (Fsp3) is 0.409. The van der Waals surface area contributed by atoms with Crippen LogP contribution in [0.2, 0.25) is 10.0 Å². The van der Waals surface area contributed by atoms with E-state index in [0.29, 0.717) is 15.6 Å². The standard InChI is InChI=1S/C21H20Cl3FN2O3.CH4/c22-11-18(29)27-12-20(30)7-8-21(25,15-2-1-9-26-19(15)20)17(28)6-4-13-3-5-14(23)10-16(13)24;/h1-3,5,9-10,30H,4,6-8,11-12H2,(H,27,29);1H4/t20-,21-;/m0./s1. The van der Waals surface area contributed by atoms with Gasteiger partial charge in [0.2, 0.25) is 5.91 Å². The van der Waals surface area contributed by atoms with Crippen LogP contribution in [0, 0.1) is 0 Å². The molecule has 2 aromatic rings. The van der Waals surface area contributed by atoms with E-state index in [1.165, 1.54) is 18.3 Å². The molecule has 0 spiro atoms. The Kier molecular flexibility index (Phi) is 8.45. The number of rotatable bonds is 7. The predicted molar refractivity (Wildman–Crippen MR) is 120 cm³/mol. The summed E-state index contributed by atoms with van der Waals surface area (Å²) in [6.07, 6.45) is 1.28. The summed E-state index contributed by atoms with van der Waals surface area (Å²) in [5.41, 5.74) is -3.11. The number of aromatic nitrogens is 1. The first-order valence-electron chi connectivity index (χ1n) is 9.37. The van der Waals surface area contributed by atoms with E-state index >= 15 is 4.39 Å². The third-order valence-electron chi connectivity index (χ3n) is 5.34. The summed E-state index contributed by atoms with van der Waals surface area (Å²) in [6.45, 7) is -0.173. The molecular formula is C22H24Cl3FN2O3. The summed E-state index contributed by atoms with van der Waals surface area (Å²) in [4.78, 5) is 28.5. The smallest absolute Gasteiger partial charge is 0.235 e. The highest BCUT2D eigenvalue weighted by Crippen LogP contribution is 2.46. The summed E-state index contributed by atoms with van der Waals surface area (Å²) in [6, 6.07) is 7.90. The molecule has 0 bridgehead atoms. The van der Waals surface area contributed by atoms with Crippen LogP contribution in [0.3, 0.4) is 0 Å². The molecule has 0 radical (unpaired) electrons. The summed E-state index contributed by atoms with van der Waals surface area (Å²) >= 11 is 17.5. The fourth-order valence-electron chi connectivity index (χ4n) is 3.65. The molecule has 1 aliphatic rings. The minimum absolute atomic E-state index is 0. The normalized spacial score (nSPS) is 22.2. The molecule has 9 heteroatoms. The molecule has 1 aliphatic carbocycles. The highest BCUT2D eigenvalue weighted by Gasteiger charge is 2.51. The Morgan fingerprint density at radius 3 is 2.65 bits per heavy atom. The van der Waals surface area contributed by atoms with Crippen LogP contribution >= 0.6 is 34.8 Å². The maximum absolute atomic E-state index is 16.0. The Morgan fingerprint density at radius 1 is 1.23 bits per heavy atom. The van der Waals surface area contributed by atoms with Gasteiger partial charge in [-0.25, -0.2) is 4.39 Å². The molecule has 5 nitrogen and oxygen atoms in total. The number of halogens is 4. The number of Topliss-reactive ketones (excluding diaryl/α,β-unsaturated/α-hetero) is 1. The minimum atomic E-state index is -2.29. The predicted octanol–water partition coefficient (Wildman–Crippen LogP) is 4.73. The fourth-order valence-corrected chi connectivity index (χ4v) is 4.25. The van der Waals surface area contributed by atoms with Crippen LogP contribution in [0.5, 0.6) is 0 Å². The zero-order valence-corrected chi connectivity index (χ0v) is 18.2. The van der Waals surface area contributed by atoms with Crippen LogP contribution in [0.15, 0.2) is 36.5 Å². The van der Waals surface area contributed by atoms with Gasteiger partial charge in [0.15, 0.2) is 11.5 Å². The minimum Gasteiger partial charge on any atom is -0.382 e. The highest BCUT2D eigenvalue weighted by molar-refractivity contribution is 6.35. The highest BCUT2D eigenvalue weighted by atomic mass is 35.5. The van der Waals surface area contributed by atoms with Gasteiger partial charge in [-0.2, -0.15) is 0 Å². The Morgan fingerprint density at radius 2 is 1.97 bits per heavy atom. The number of hydrogen-bond acceptors (Lipinski definition) is 4. The largest absolute Gasteiger partial charge is 0.382 e. The van der Waals surface area contributed by atoms with Crippen molar-refractivity contribution in [2.45, 2.75) is 44.4 Å². The SMILES string of the molecule is C.O=C(CCl)NC[C@@]1(O)CC[C@@](F)(C(=O)CCc2ccc(Cl)cc2Cl)c2cccnc21. The van der Waals surface area contributed by atoms with E-state index in [2.05, 4.69) is 10.3 Å². The number of alkyl halides is 2. The van der Waals surface area contributed by atoms with Crippen LogP contribution in [0.4, 0.5) is 4.39 Å². The van der Waals surface area contributed by atoms with Crippen LogP contribution in [0.1, 0.15) is 43.5 Å². The van der Waals surface area contributed by atoms with Crippen molar-refractivity contribution >= 4 is 46.5 Å². The molecule has 168 valence electrons. The van der Waals surface area contributed by atoms with Gasteiger partial charge in [0.1, 0.15) is 11.5 Å². The van der Waals surface area contributed by atoms with Crippen LogP contribution in [0.25, 0.3) is 0 Å². The molecule has 2 atom stereocenters. The number of hydrogen-bond donors (Lipinski definition) is 2. The molecule has 2 N–H and O–H groups in total. The summed E-state index contributed by atoms with van der Waals surface area (Å²) in [5, 5.41) is 14.4. The number of ketones is 1. The van der Waals surface area contributed by atoms with Gasteiger partial charge in [0.25, 0.3) is 0 Å². The zero-order chi connectivity index (χ0) is 21.9. The molecule has 1 amide bonds. The first kappa shape index (κ1) is 25.5. The van der Waals surface area contributed by atoms with Crippen molar-refractivity contribution in [1.82, 2.24) is 10.3 Å². The average molecular weight is 490 g/mol. The zero-order valence-electron chi connectivity index (χ0n) is 15.9. The van der Waals surface area contributed by atoms with Crippen molar-refractivity contribution in [1.29, 1.82) is 0 Å². The first-order chi connectivity index (χ1) is 14.2. The number of carbonyl (C=O) groups is 2. The number of amides is 1. The molecule has 0 saturated carbocycles. The van der Waals surface area contributed by atoms with E-state index in [-0.39, 0.29) is 56.8 Å². The number of pyridine rings is 1. The Labute approximate surface area is 195 Å². The third kappa shape index (κ3) is 5.37. The molecule has 31 heavy (non-hydrogen) atoms. The van der Waals surface area contributed by atoms with E-state index < -0.39 is 23.0 Å². The second-order valence-corrected chi connectivity index (χ2v) is 8.41. The molecule has 1 aromatic carbocycles. The number of fused-ring (bicyclic) bond motifs is 1. The molecule has 1 aromatic heterocycles. The van der Waals surface area contributed by atoms with E-state index in [0.717, 1.165) is 0 Å². The lowest BCUT2D eigenvalue weighted by Crippen LogP contribution is -2.49. The van der Waals surface area contributed by atoms with E-state index in [4.69, 9.17) is 34.8 Å². The van der Waals surface area contributed by atoms with Crippen molar-refractivity contribution in [3.8, 4) is 0 Å². The Balaban J connectivity index is 0.00000341. The van der Waals surface area contributed by atoms with E-state index in [1.807, 2.05) is 0 Å². The topological polar surface area (TPSA) is 79.3 Å². The number of aryl methyl sites for hydroxylation is 1. The Hall–Kier alpha value is -1.73. The van der Waals surface area contributed by atoms with Gasteiger partial charge >= 0.3 is 0 Å². The number of carbonyl (C=O) groups excluding carboxylic acids is 2. The third-order valence-corrected chi connectivity index (χ3v) is 6.17. The molecule has 1 heterocycles. The second-order valence-electron chi connectivity index (χ2n) is 7.30. The molecular weight excluding hydrogens is 466 g/mol. The van der Waals surface area contributed by atoms with Crippen LogP contribution < -0.4 is 5.32 Å². The van der Waals surface area contributed by atoms with Crippen molar-refractivity contribution in [2.24, 2.45) is 0 Å². The Bertz CT molecular complexity index is 975. The number of aliphatic hydroxyl groups is 1. The molecule has 0 saturated heterocycles. The monoisotopic (exact) mass is 488 g/mol. The van der Waals surface area contributed by atoms with Gasteiger partial charge in [0, 0.05) is 28.2 Å². The molecule has 0 fully saturated rings. The van der Waals surface area contributed by atoms with Gasteiger partial charge in [-0.3, -0.25) is 14.6 Å². The van der Waals surface area contributed by atoms with Crippen LogP contribution in [-0.4, -0.2) is 34.2 Å². The number of benzene rings is 1. The maximum atomic E-state index is 16.0. The van der Waals surface area contributed by atoms with Crippen molar-refractivity contribution in [2.75, 3.05) is 12.4 Å². The number of nitrogens with zero attached hydrogens (tertiary/aromatic N) is 1. The average Bonchev–Trinajstić information content (AvgIpc) is 2.74. The summed E-state index contributed by atoms with van der Waals surface area (Å²) < 4.78 is 16.0. The van der Waals surface area contributed by atoms with Gasteiger partial charge in [-0.15, -0.1) is 11.6 Å². The van der Waals surface area contributed by atoms with Gasteiger partial charge < -0.3 is 10.4 Å². The van der Waals surface area contributed by atoms with Gasteiger partial charge in [-0.05, 0) is 43.0 Å². The first-order valence-corrected chi connectivity index (χ1v) is 10.7. The van der Waals surface area contributed by atoms with Gasteiger partial charge in [-0.1, -0.05) is 42.8 Å². The quantitative estimate of drug-likeness (QED) is 0.551. The van der Waals surface area contributed by atoms with E-state index in [9.17, 15) is 14.7 Å². The second kappa shape index (κ2) is 10.3. The maximum Gasteiger partial charge on any atom is 0.235 e. The lowest BCUT2D eigenvalue weighted by Gasteiger charge is -2.39. The van der Waals surface area contributed by atoms with Crippen molar-refractivity contribution < 1.29 is 19.1 Å². The van der Waals surface area contributed by atoms with Gasteiger partial charge in [0.05, 0.1) is 12.2 Å². The molecule has 3 rings (SSSR count). The lowest BCUT2D eigenvalue weighted by molar-refractivity contribution is -0.135. The summed E-state index contributed by atoms with van der Waals surface area (Å²) in [7, 11) is 0.